The average Bonchev–Trinajstić information content (AvgIpc) is 2.35. The predicted octanol–water partition coefficient (Wildman–Crippen LogP) is 4.62. The zero-order chi connectivity index (χ0) is 16.4. The molecule has 0 heterocycles. The van der Waals surface area contributed by atoms with Crippen LogP contribution in [0.1, 0.15) is 63.4 Å². The number of esters is 1. The van der Waals surface area contributed by atoms with Crippen molar-refractivity contribution in [1.29, 1.82) is 0 Å². The van der Waals surface area contributed by atoms with Crippen LogP contribution in [0.2, 0.25) is 5.02 Å². The van der Waals surface area contributed by atoms with E-state index in [-0.39, 0.29) is 17.7 Å². The van der Waals surface area contributed by atoms with Crippen LogP contribution in [0.5, 0.6) is 0 Å². The second-order valence-electron chi connectivity index (χ2n) is 6.51. The van der Waals surface area contributed by atoms with Gasteiger partial charge in [0.1, 0.15) is 5.60 Å². The van der Waals surface area contributed by atoms with E-state index >= 15 is 0 Å². The summed E-state index contributed by atoms with van der Waals surface area (Å²) in [5.74, 6) is -0.935. The van der Waals surface area contributed by atoms with Crippen LogP contribution in [0.25, 0.3) is 0 Å². The largest absolute Gasteiger partial charge is 0.460 e. The Morgan fingerprint density at radius 3 is 2.19 bits per heavy atom. The van der Waals surface area contributed by atoms with Crippen LogP contribution in [0, 0.1) is 5.92 Å². The van der Waals surface area contributed by atoms with E-state index in [0.717, 1.165) is 0 Å². The summed E-state index contributed by atoms with van der Waals surface area (Å²) in [7, 11) is 0. The van der Waals surface area contributed by atoms with E-state index in [1.165, 1.54) is 0 Å². The third kappa shape index (κ3) is 4.85. The van der Waals surface area contributed by atoms with E-state index in [1.807, 2.05) is 34.6 Å². The molecule has 0 saturated heterocycles. The molecule has 1 aromatic rings. The van der Waals surface area contributed by atoms with Crippen molar-refractivity contribution < 1.29 is 14.3 Å². The highest BCUT2D eigenvalue weighted by Gasteiger charge is 2.25. The molecule has 3 nitrogen and oxygen atoms in total. The second kappa shape index (κ2) is 6.61. The van der Waals surface area contributed by atoms with Gasteiger partial charge in [0.25, 0.3) is 0 Å². The van der Waals surface area contributed by atoms with Crippen molar-refractivity contribution in [3.8, 4) is 0 Å². The summed E-state index contributed by atoms with van der Waals surface area (Å²) < 4.78 is 5.37. The molecule has 0 N–H and O–H groups in total. The maximum atomic E-state index is 12.2. The summed E-state index contributed by atoms with van der Waals surface area (Å²) in [5, 5.41) is 0.466. The van der Waals surface area contributed by atoms with Crippen LogP contribution in [-0.4, -0.2) is 17.4 Å². The molecule has 0 radical (unpaired) electrons. The van der Waals surface area contributed by atoms with Gasteiger partial charge < -0.3 is 4.74 Å². The lowest BCUT2D eigenvalue weighted by Crippen LogP contribution is -2.27. The van der Waals surface area contributed by atoms with Gasteiger partial charge in [0.15, 0.2) is 5.78 Å². The molecule has 0 saturated carbocycles. The molecule has 0 bridgehead atoms. The summed E-state index contributed by atoms with van der Waals surface area (Å²) in [4.78, 5) is 24.2. The Bertz CT molecular complexity index is 541. The molecule has 0 aliphatic heterocycles. The lowest BCUT2D eigenvalue weighted by Gasteiger charge is -2.23. The summed E-state index contributed by atoms with van der Waals surface area (Å²) in [6.45, 7) is 10.9. The van der Waals surface area contributed by atoms with Gasteiger partial charge >= 0.3 is 5.97 Å². The van der Waals surface area contributed by atoms with E-state index in [1.54, 1.807) is 25.1 Å². The van der Waals surface area contributed by atoms with Crippen molar-refractivity contribution >= 4 is 23.4 Å². The molecule has 0 fully saturated rings. The first-order valence-electron chi connectivity index (χ1n) is 7.09. The molecule has 21 heavy (non-hydrogen) atoms. The van der Waals surface area contributed by atoms with Gasteiger partial charge in [-0.25, -0.2) is 0 Å². The van der Waals surface area contributed by atoms with E-state index < -0.39 is 11.5 Å². The topological polar surface area (TPSA) is 43.4 Å². The summed E-state index contributed by atoms with van der Waals surface area (Å²) in [6, 6.07) is 5.04. The summed E-state index contributed by atoms with van der Waals surface area (Å²) in [6.07, 6.45) is 0. The molecule has 0 amide bonds. The third-order valence-electron chi connectivity index (χ3n) is 3.03. The Morgan fingerprint density at radius 1 is 1.14 bits per heavy atom. The lowest BCUT2D eigenvalue weighted by molar-refractivity contribution is -0.156. The van der Waals surface area contributed by atoms with Crippen molar-refractivity contribution in [3.63, 3.8) is 0 Å². The number of benzene rings is 1. The number of hydrogen-bond acceptors (Lipinski definition) is 3. The molecule has 1 aromatic carbocycles. The van der Waals surface area contributed by atoms with Crippen molar-refractivity contribution in [2.45, 2.75) is 53.1 Å². The maximum Gasteiger partial charge on any atom is 0.313 e. The molecule has 0 aliphatic rings. The van der Waals surface area contributed by atoms with Crippen LogP contribution < -0.4 is 0 Å². The number of halogens is 1. The number of carbonyl (C=O) groups excluding carboxylic acids is 2. The molecule has 116 valence electrons. The van der Waals surface area contributed by atoms with Crippen LogP contribution >= 0.6 is 11.6 Å². The van der Waals surface area contributed by atoms with Crippen LogP contribution in [0.4, 0.5) is 0 Å². The molecular formula is C17H23ClO3. The van der Waals surface area contributed by atoms with Gasteiger partial charge in [-0.2, -0.15) is 0 Å². The van der Waals surface area contributed by atoms with Crippen LogP contribution in [0.15, 0.2) is 18.2 Å². The SMILES string of the molecule is CC(C)C(=O)c1ccc(Cl)c(C(C)C(=O)OC(C)(C)C)c1. The van der Waals surface area contributed by atoms with Gasteiger partial charge in [-0.3, -0.25) is 9.59 Å². The van der Waals surface area contributed by atoms with E-state index in [9.17, 15) is 9.59 Å². The van der Waals surface area contributed by atoms with Gasteiger partial charge in [-0.1, -0.05) is 25.4 Å². The van der Waals surface area contributed by atoms with Crippen LogP contribution in [-0.2, 0) is 9.53 Å². The molecule has 0 aromatic heterocycles. The van der Waals surface area contributed by atoms with Gasteiger partial charge in [0.05, 0.1) is 5.92 Å². The first-order valence-corrected chi connectivity index (χ1v) is 7.47. The minimum atomic E-state index is -0.552. The molecule has 4 heteroatoms. The molecule has 1 atom stereocenters. The highest BCUT2D eigenvalue weighted by molar-refractivity contribution is 6.31. The Balaban J connectivity index is 3.09. The fourth-order valence-corrected chi connectivity index (χ4v) is 2.16. The van der Waals surface area contributed by atoms with Crippen LogP contribution in [0.3, 0.4) is 0 Å². The second-order valence-corrected chi connectivity index (χ2v) is 6.92. The van der Waals surface area contributed by atoms with E-state index in [2.05, 4.69) is 0 Å². The monoisotopic (exact) mass is 310 g/mol. The van der Waals surface area contributed by atoms with E-state index in [0.29, 0.717) is 16.1 Å². The third-order valence-corrected chi connectivity index (χ3v) is 3.38. The van der Waals surface area contributed by atoms with Crippen molar-refractivity contribution in [1.82, 2.24) is 0 Å². The Labute approximate surface area is 131 Å². The molecular weight excluding hydrogens is 288 g/mol. The maximum absolute atomic E-state index is 12.2. The van der Waals surface area contributed by atoms with Gasteiger partial charge in [-0.15, -0.1) is 0 Å². The van der Waals surface area contributed by atoms with Crippen molar-refractivity contribution in [3.05, 3.63) is 34.3 Å². The minimum Gasteiger partial charge on any atom is -0.460 e. The van der Waals surface area contributed by atoms with Gasteiger partial charge in [-0.05, 0) is 51.5 Å². The molecule has 1 rings (SSSR count). The molecule has 0 aliphatic carbocycles. The van der Waals surface area contributed by atoms with Gasteiger partial charge in [0, 0.05) is 16.5 Å². The highest BCUT2D eigenvalue weighted by atomic mass is 35.5. The fourth-order valence-electron chi connectivity index (χ4n) is 1.88. The molecule has 0 spiro atoms. The lowest BCUT2D eigenvalue weighted by atomic mass is 9.94. The van der Waals surface area contributed by atoms with Gasteiger partial charge in [0.2, 0.25) is 0 Å². The minimum absolute atomic E-state index is 0.0318. The first kappa shape index (κ1) is 17.7. The predicted molar refractivity (Wildman–Crippen MR) is 84.9 cm³/mol. The highest BCUT2D eigenvalue weighted by Crippen LogP contribution is 2.28. The number of hydrogen-bond donors (Lipinski definition) is 0. The number of carbonyl (C=O) groups is 2. The molecule has 1 unspecified atom stereocenters. The number of Topliss-reactive ketones (excluding diaryl/α,β-unsaturated/α-hetero) is 1. The summed E-state index contributed by atoms with van der Waals surface area (Å²) in [5.41, 5.74) is 0.639. The van der Waals surface area contributed by atoms with Crippen molar-refractivity contribution in [2.75, 3.05) is 0 Å². The summed E-state index contributed by atoms with van der Waals surface area (Å²) >= 11 is 6.17. The quantitative estimate of drug-likeness (QED) is 0.602. The Hall–Kier alpha value is -1.35. The zero-order valence-corrected chi connectivity index (χ0v) is 14.2. The zero-order valence-electron chi connectivity index (χ0n) is 13.5. The fraction of sp³-hybridized carbons (Fsp3) is 0.529. The number of rotatable bonds is 4. The Kier molecular flexibility index (Phi) is 5.57. The first-order chi connectivity index (χ1) is 9.53. The number of ether oxygens (including phenoxy) is 1. The van der Waals surface area contributed by atoms with E-state index in [4.69, 9.17) is 16.3 Å². The Morgan fingerprint density at radius 2 is 1.71 bits per heavy atom. The smallest absolute Gasteiger partial charge is 0.313 e. The standard InChI is InChI=1S/C17H23ClO3/c1-10(2)15(19)12-7-8-14(18)13(9-12)11(3)16(20)21-17(4,5)6/h7-11H,1-6H3. The number of ketones is 1. The normalized spacial score (nSPS) is 13.1. The van der Waals surface area contributed by atoms with Crippen molar-refractivity contribution in [2.24, 2.45) is 5.92 Å². The average molecular weight is 311 g/mol.